The monoisotopic (exact) mass is 254 g/mol. The Morgan fingerprint density at radius 3 is 2.84 bits per heavy atom. The molecule has 96 valence electrons. The molecule has 0 spiro atoms. The molecule has 19 heavy (non-hydrogen) atoms. The van der Waals surface area contributed by atoms with Crippen molar-refractivity contribution in [3.05, 3.63) is 53.5 Å². The van der Waals surface area contributed by atoms with Gasteiger partial charge in [0.25, 0.3) is 5.91 Å². The number of anilines is 1. The van der Waals surface area contributed by atoms with Crippen LogP contribution in [0.2, 0.25) is 0 Å². The fraction of sp³-hybridized carbons (Fsp3) is 0.133. The van der Waals surface area contributed by atoms with E-state index in [9.17, 15) is 4.79 Å². The predicted octanol–water partition coefficient (Wildman–Crippen LogP) is 2.15. The Morgan fingerprint density at radius 1 is 1.37 bits per heavy atom. The van der Waals surface area contributed by atoms with E-state index in [1.807, 2.05) is 25.1 Å². The van der Waals surface area contributed by atoms with Gasteiger partial charge in [-0.25, -0.2) is 0 Å². The van der Waals surface area contributed by atoms with Crippen LogP contribution in [0.5, 0.6) is 0 Å². The molecule has 1 aromatic heterocycles. The summed E-state index contributed by atoms with van der Waals surface area (Å²) < 4.78 is 5.15. The highest BCUT2D eigenvalue weighted by molar-refractivity contribution is 6.03. The molecule has 4 nitrogen and oxygen atoms in total. The molecule has 0 saturated carbocycles. The number of para-hydroxylation sites is 1. The van der Waals surface area contributed by atoms with Crippen LogP contribution in [-0.2, 0) is 0 Å². The third kappa shape index (κ3) is 3.03. The first kappa shape index (κ1) is 12.9. The van der Waals surface area contributed by atoms with Gasteiger partial charge in [-0.3, -0.25) is 4.79 Å². The van der Waals surface area contributed by atoms with Crippen molar-refractivity contribution in [1.82, 2.24) is 0 Å². The molecule has 0 aliphatic carbocycles. The highest BCUT2D eigenvalue weighted by Crippen LogP contribution is 2.16. The Bertz CT molecular complexity index is 647. The summed E-state index contributed by atoms with van der Waals surface area (Å²) in [5, 5.41) is 2.79. The van der Waals surface area contributed by atoms with E-state index in [-0.39, 0.29) is 12.5 Å². The van der Waals surface area contributed by atoms with E-state index in [0.717, 1.165) is 11.1 Å². The summed E-state index contributed by atoms with van der Waals surface area (Å²) >= 11 is 0. The first-order valence-corrected chi connectivity index (χ1v) is 5.86. The van der Waals surface area contributed by atoms with Crippen molar-refractivity contribution in [2.45, 2.75) is 6.92 Å². The maximum atomic E-state index is 12.0. The van der Waals surface area contributed by atoms with E-state index in [4.69, 9.17) is 10.2 Å². The number of nitrogens with one attached hydrogen (secondary N) is 1. The molecule has 0 aliphatic rings. The number of hydrogen-bond donors (Lipinski definition) is 2. The number of aryl methyl sites for hydroxylation is 1. The van der Waals surface area contributed by atoms with Gasteiger partial charge in [0.1, 0.15) is 0 Å². The molecule has 0 bridgehead atoms. The second-order valence-electron chi connectivity index (χ2n) is 3.94. The van der Waals surface area contributed by atoms with Gasteiger partial charge in [-0.2, -0.15) is 0 Å². The lowest BCUT2D eigenvalue weighted by Gasteiger charge is -2.06. The number of benzene rings is 1. The van der Waals surface area contributed by atoms with Gasteiger partial charge < -0.3 is 15.5 Å². The van der Waals surface area contributed by atoms with E-state index in [1.54, 1.807) is 12.1 Å². The van der Waals surface area contributed by atoms with Gasteiger partial charge in [0.15, 0.2) is 5.76 Å². The van der Waals surface area contributed by atoms with Crippen LogP contribution in [0, 0.1) is 18.8 Å². The number of amides is 1. The summed E-state index contributed by atoms with van der Waals surface area (Å²) in [6.45, 7) is 2.10. The van der Waals surface area contributed by atoms with E-state index >= 15 is 0 Å². The smallest absolute Gasteiger partial charge is 0.291 e. The normalized spacial score (nSPS) is 9.58. The maximum Gasteiger partial charge on any atom is 0.291 e. The van der Waals surface area contributed by atoms with E-state index in [0.29, 0.717) is 11.4 Å². The molecule has 1 amide bonds. The largest absolute Gasteiger partial charge is 0.459 e. The van der Waals surface area contributed by atoms with Crippen LogP contribution in [0.1, 0.15) is 21.7 Å². The van der Waals surface area contributed by atoms with Gasteiger partial charge >= 0.3 is 0 Å². The molecular weight excluding hydrogens is 240 g/mol. The molecule has 0 fully saturated rings. The molecule has 0 atom stereocenters. The minimum absolute atomic E-state index is 0.277. The molecule has 2 aromatic rings. The van der Waals surface area contributed by atoms with Gasteiger partial charge in [-0.05, 0) is 25.1 Å². The van der Waals surface area contributed by atoms with E-state index < -0.39 is 0 Å². The molecule has 0 unspecified atom stereocenters. The summed E-state index contributed by atoms with van der Waals surface area (Å²) in [4.78, 5) is 12.0. The molecule has 3 N–H and O–H groups in total. The second-order valence-corrected chi connectivity index (χ2v) is 3.94. The van der Waals surface area contributed by atoms with Gasteiger partial charge in [-0.1, -0.05) is 24.0 Å². The van der Waals surface area contributed by atoms with E-state index in [1.165, 1.54) is 6.26 Å². The van der Waals surface area contributed by atoms with Crippen molar-refractivity contribution in [2.24, 2.45) is 5.73 Å². The van der Waals surface area contributed by atoms with Crippen molar-refractivity contribution >= 4 is 11.6 Å². The second kappa shape index (κ2) is 5.89. The van der Waals surface area contributed by atoms with Crippen molar-refractivity contribution in [3.63, 3.8) is 0 Å². The highest BCUT2D eigenvalue weighted by atomic mass is 16.3. The molecule has 1 heterocycles. The highest BCUT2D eigenvalue weighted by Gasteiger charge is 2.13. The van der Waals surface area contributed by atoms with Crippen LogP contribution in [0.3, 0.4) is 0 Å². The third-order valence-electron chi connectivity index (χ3n) is 2.57. The lowest BCUT2D eigenvalue weighted by Crippen LogP contribution is -2.13. The van der Waals surface area contributed by atoms with Gasteiger partial charge in [-0.15, -0.1) is 0 Å². The van der Waals surface area contributed by atoms with Crippen molar-refractivity contribution in [1.29, 1.82) is 0 Å². The first-order valence-electron chi connectivity index (χ1n) is 5.86. The number of furan rings is 1. The van der Waals surface area contributed by atoms with Gasteiger partial charge in [0.2, 0.25) is 0 Å². The van der Waals surface area contributed by atoms with Crippen molar-refractivity contribution < 1.29 is 9.21 Å². The third-order valence-corrected chi connectivity index (χ3v) is 2.57. The van der Waals surface area contributed by atoms with Crippen LogP contribution in [0.4, 0.5) is 5.69 Å². The Kier molecular flexibility index (Phi) is 4.01. The summed E-state index contributed by atoms with van der Waals surface area (Å²) in [5.74, 6) is 5.70. The molecule has 4 heteroatoms. The summed E-state index contributed by atoms with van der Waals surface area (Å²) in [7, 11) is 0. The quantitative estimate of drug-likeness (QED) is 0.807. The fourth-order valence-electron chi connectivity index (χ4n) is 1.63. The topological polar surface area (TPSA) is 68.3 Å². The van der Waals surface area contributed by atoms with Crippen LogP contribution in [-0.4, -0.2) is 12.5 Å². The van der Waals surface area contributed by atoms with Gasteiger partial charge in [0.05, 0.1) is 18.5 Å². The molecule has 0 radical (unpaired) electrons. The standard InChI is InChI=1S/C15H14N2O2/c1-11-8-10-19-14(11)15(18)17-13-7-3-2-5-12(13)6-4-9-16/h2-3,5,7-8,10H,9,16H2,1H3,(H,17,18). The van der Waals surface area contributed by atoms with Crippen LogP contribution >= 0.6 is 0 Å². The first-order chi connectivity index (χ1) is 9.22. The molecule has 0 saturated heterocycles. The number of nitrogens with two attached hydrogens (primary N) is 1. The fourth-order valence-corrected chi connectivity index (χ4v) is 1.63. The number of hydrogen-bond acceptors (Lipinski definition) is 3. The average molecular weight is 254 g/mol. The Balaban J connectivity index is 2.24. The SMILES string of the molecule is Cc1ccoc1C(=O)Nc1ccccc1C#CCN. The number of carbonyl (C=O) groups excluding carboxylic acids is 1. The van der Waals surface area contributed by atoms with Crippen molar-refractivity contribution in [3.8, 4) is 11.8 Å². The van der Waals surface area contributed by atoms with Gasteiger partial charge in [0, 0.05) is 11.1 Å². The predicted molar refractivity (Wildman–Crippen MR) is 73.8 cm³/mol. The van der Waals surface area contributed by atoms with Crippen LogP contribution in [0.25, 0.3) is 0 Å². The summed E-state index contributed by atoms with van der Waals surface area (Å²) in [6.07, 6.45) is 1.49. The number of rotatable bonds is 2. The molecular formula is C15H14N2O2. The Hall–Kier alpha value is -2.51. The zero-order valence-corrected chi connectivity index (χ0v) is 10.6. The molecule has 0 aliphatic heterocycles. The summed E-state index contributed by atoms with van der Waals surface area (Å²) in [6, 6.07) is 9.05. The minimum Gasteiger partial charge on any atom is -0.459 e. The maximum absolute atomic E-state index is 12.0. The van der Waals surface area contributed by atoms with Crippen LogP contribution < -0.4 is 11.1 Å². The minimum atomic E-state index is -0.288. The molecule has 1 aromatic carbocycles. The zero-order chi connectivity index (χ0) is 13.7. The van der Waals surface area contributed by atoms with Crippen LogP contribution in [0.15, 0.2) is 41.0 Å². The average Bonchev–Trinajstić information content (AvgIpc) is 2.84. The lowest BCUT2D eigenvalue weighted by molar-refractivity contribution is 0.0996. The Morgan fingerprint density at radius 2 is 2.16 bits per heavy atom. The number of carbonyl (C=O) groups is 1. The Labute approximate surface area is 111 Å². The lowest BCUT2D eigenvalue weighted by atomic mass is 10.1. The summed E-state index contributed by atoms with van der Waals surface area (Å²) in [5.41, 5.74) is 7.51. The zero-order valence-electron chi connectivity index (χ0n) is 10.6. The van der Waals surface area contributed by atoms with Crippen molar-refractivity contribution in [2.75, 3.05) is 11.9 Å². The van der Waals surface area contributed by atoms with E-state index in [2.05, 4.69) is 17.2 Å². The molecule has 2 rings (SSSR count).